The maximum atomic E-state index is 12.7. The third kappa shape index (κ3) is 4.49. The molecule has 1 fully saturated rings. The maximum absolute atomic E-state index is 12.7. The van der Waals surface area contributed by atoms with E-state index in [0.717, 1.165) is 24.0 Å². The van der Waals surface area contributed by atoms with E-state index in [1.165, 1.54) is 5.56 Å². The van der Waals surface area contributed by atoms with E-state index in [2.05, 4.69) is 11.1 Å². The standard InChI is InChI=1S/C23H25N5O2/c1-14-12-20(21(29)27-23(25)26)15(2)11-19(14)17-7-9-28(10-8-17)22(30)18-5-3-16(13-24)4-6-18/h3-6,11-12,17H,7-10H2,1-2H3,(H4,25,26,27,29). The predicted molar refractivity (Wildman–Crippen MR) is 115 cm³/mol. The number of nitrogens with two attached hydrogens (primary N) is 2. The minimum absolute atomic E-state index is 0.0102. The molecular formula is C23H25N5O2. The molecule has 1 aliphatic rings. The molecule has 0 aromatic heterocycles. The van der Waals surface area contributed by atoms with Crippen molar-refractivity contribution in [3.05, 3.63) is 69.8 Å². The number of rotatable bonds is 3. The van der Waals surface area contributed by atoms with Gasteiger partial charge in [0.25, 0.3) is 11.8 Å². The second kappa shape index (κ2) is 8.78. The Morgan fingerprint density at radius 2 is 1.70 bits per heavy atom. The van der Waals surface area contributed by atoms with Gasteiger partial charge < -0.3 is 16.4 Å². The highest BCUT2D eigenvalue weighted by Gasteiger charge is 2.26. The van der Waals surface area contributed by atoms with E-state index in [-0.39, 0.29) is 11.9 Å². The Balaban J connectivity index is 1.70. The number of likely N-dealkylation sites (tertiary alicyclic amines) is 1. The molecule has 0 aliphatic carbocycles. The van der Waals surface area contributed by atoms with Crippen LogP contribution in [0.5, 0.6) is 0 Å². The van der Waals surface area contributed by atoms with Crippen molar-refractivity contribution < 1.29 is 9.59 Å². The number of nitriles is 1. The second-order valence-corrected chi connectivity index (χ2v) is 7.62. The van der Waals surface area contributed by atoms with Gasteiger partial charge in [-0.25, -0.2) is 0 Å². The third-order valence-electron chi connectivity index (χ3n) is 5.56. The lowest BCUT2D eigenvalue weighted by Crippen LogP contribution is -2.38. The number of carbonyl (C=O) groups is 2. The summed E-state index contributed by atoms with van der Waals surface area (Å²) in [5.74, 6) is -0.379. The van der Waals surface area contributed by atoms with E-state index in [9.17, 15) is 9.59 Å². The zero-order valence-electron chi connectivity index (χ0n) is 17.2. The zero-order chi connectivity index (χ0) is 21.8. The number of nitrogens with zero attached hydrogens (tertiary/aromatic N) is 3. The van der Waals surface area contributed by atoms with Gasteiger partial charge in [-0.15, -0.1) is 0 Å². The molecule has 2 amide bonds. The zero-order valence-corrected chi connectivity index (χ0v) is 17.2. The number of aryl methyl sites for hydroxylation is 2. The van der Waals surface area contributed by atoms with Crippen LogP contribution in [0.4, 0.5) is 0 Å². The fourth-order valence-electron chi connectivity index (χ4n) is 3.95. The molecular weight excluding hydrogens is 378 g/mol. The van der Waals surface area contributed by atoms with Gasteiger partial charge in [0.1, 0.15) is 0 Å². The van der Waals surface area contributed by atoms with Crippen molar-refractivity contribution in [3.8, 4) is 6.07 Å². The number of hydrogen-bond donors (Lipinski definition) is 2. The average molecular weight is 403 g/mol. The number of benzene rings is 2. The van der Waals surface area contributed by atoms with Gasteiger partial charge in [0, 0.05) is 24.2 Å². The fourth-order valence-corrected chi connectivity index (χ4v) is 3.95. The van der Waals surface area contributed by atoms with E-state index in [1.54, 1.807) is 24.3 Å². The molecule has 0 spiro atoms. The van der Waals surface area contributed by atoms with E-state index >= 15 is 0 Å². The van der Waals surface area contributed by atoms with Gasteiger partial charge in [0.15, 0.2) is 5.96 Å². The second-order valence-electron chi connectivity index (χ2n) is 7.62. The maximum Gasteiger partial charge on any atom is 0.280 e. The molecule has 154 valence electrons. The Morgan fingerprint density at radius 1 is 1.07 bits per heavy atom. The van der Waals surface area contributed by atoms with Gasteiger partial charge in [-0.1, -0.05) is 6.07 Å². The molecule has 0 atom stereocenters. The Hall–Kier alpha value is -3.66. The number of amides is 2. The van der Waals surface area contributed by atoms with Crippen LogP contribution >= 0.6 is 0 Å². The van der Waals surface area contributed by atoms with Crippen LogP contribution in [0.3, 0.4) is 0 Å². The molecule has 0 unspecified atom stereocenters. The number of aliphatic imine (C=N–C) groups is 1. The van der Waals surface area contributed by atoms with Crippen molar-refractivity contribution in [3.63, 3.8) is 0 Å². The van der Waals surface area contributed by atoms with Crippen LogP contribution in [0.25, 0.3) is 0 Å². The van der Waals surface area contributed by atoms with Gasteiger partial charge >= 0.3 is 0 Å². The molecule has 7 nitrogen and oxygen atoms in total. The molecule has 4 N–H and O–H groups in total. The molecule has 1 saturated heterocycles. The Labute approximate surface area is 176 Å². The number of piperidine rings is 1. The van der Waals surface area contributed by atoms with E-state index < -0.39 is 5.91 Å². The average Bonchev–Trinajstić information content (AvgIpc) is 2.74. The van der Waals surface area contributed by atoms with Crippen LogP contribution in [0, 0.1) is 25.2 Å². The lowest BCUT2D eigenvalue weighted by Gasteiger charge is -2.33. The van der Waals surface area contributed by atoms with Crippen LogP contribution in [-0.4, -0.2) is 35.8 Å². The van der Waals surface area contributed by atoms with Gasteiger partial charge in [0.05, 0.1) is 11.6 Å². The Morgan fingerprint density at radius 3 is 2.27 bits per heavy atom. The summed E-state index contributed by atoms with van der Waals surface area (Å²) in [5.41, 5.74) is 15.3. The highest BCUT2D eigenvalue weighted by atomic mass is 16.2. The van der Waals surface area contributed by atoms with Crippen molar-refractivity contribution in [2.75, 3.05) is 13.1 Å². The summed E-state index contributed by atoms with van der Waals surface area (Å²) in [6.07, 6.45) is 1.70. The van der Waals surface area contributed by atoms with Gasteiger partial charge in [-0.3, -0.25) is 9.59 Å². The van der Waals surface area contributed by atoms with Crippen LogP contribution < -0.4 is 11.5 Å². The highest BCUT2D eigenvalue weighted by Crippen LogP contribution is 2.32. The molecule has 30 heavy (non-hydrogen) atoms. The predicted octanol–water partition coefficient (Wildman–Crippen LogP) is 2.61. The molecule has 7 heteroatoms. The van der Waals surface area contributed by atoms with E-state index in [1.807, 2.05) is 30.9 Å². The SMILES string of the molecule is Cc1cc(C2CCN(C(=O)c3ccc(C#N)cc3)CC2)c(C)cc1C(=O)N=C(N)N. The van der Waals surface area contributed by atoms with Crippen LogP contribution in [0.1, 0.15) is 61.7 Å². The summed E-state index contributed by atoms with van der Waals surface area (Å²) >= 11 is 0. The quantitative estimate of drug-likeness (QED) is 0.602. The minimum atomic E-state index is -0.440. The van der Waals surface area contributed by atoms with Gasteiger partial charge in [-0.05, 0) is 79.6 Å². The molecule has 0 radical (unpaired) electrons. The fraction of sp³-hybridized carbons (Fsp3) is 0.304. The van der Waals surface area contributed by atoms with E-state index in [0.29, 0.717) is 35.7 Å². The minimum Gasteiger partial charge on any atom is -0.370 e. The highest BCUT2D eigenvalue weighted by molar-refractivity contribution is 6.03. The van der Waals surface area contributed by atoms with Crippen molar-refractivity contribution in [2.24, 2.45) is 16.5 Å². The largest absolute Gasteiger partial charge is 0.370 e. The smallest absolute Gasteiger partial charge is 0.280 e. The van der Waals surface area contributed by atoms with Crippen LogP contribution in [0.15, 0.2) is 41.4 Å². The molecule has 2 aromatic carbocycles. The normalized spacial score (nSPS) is 14.1. The lowest BCUT2D eigenvalue weighted by atomic mass is 9.84. The first-order valence-electron chi connectivity index (χ1n) is 9.84. The van der Waals surface area contributed by atoms with Crippen LogP contribution in [0.2, 0.25) is 0 Å². The summed E-state index contributed by atoms with van der Waals surface area (Å²) in [6.45, 7) is 5.19. The summed E-state index contributed by atoms with van der Waals surface area (Å²) in [5, 5.41) is 8.90. The molecule has 1 heterocycles. The van der Waals surface area contributed by atoms with E-state index in [4.69, 9.17) is 16.7 Å². The van der Waals surface area contributed by atoms with Gasteiger partial charge in [0.2, 0.25) is 0 Å². The van der Waals surface area contributed by atoms with Crippen molar-refractivity contribution in [2.45, 2.75) is 32.6 Å². The molecule has 0 saturated carbocycles. The molecule has 3 rings (SSSR count). The molecule has 1 aliphatic heterocycles. The summed E-state index contributed by atoms with van der Waals surface area (Å²) in [7, 11) is 0. The summed E-state index contributed by atoms with van der Waals surface area (Å²) in [6, 6.07) is 12.7. The molecule has 2 aromatic rings. The first-order valence-corrected chi connectivity index (χ1v) is 9.84. The molecule has 0 bridgehead atoms. The van der Waals surface area contributed by atoms with Crippen molar-refractivity contribution >= 4 is 17.8 Å². The van der Waals surface area contributed by atoms with Crippen molar-refractivity contribution in [1.29, 1.82) is 5.26 Å². The Kier molecular flexibility index (Phi) is 6.17. The van der Waals surface area contributed by atoms with Gasteiger partial charge in [-0.2, -0.15) is 10.3 Å². The number of carbonyl (C=O) groups excluding carboxylic acids is 2. The summed E-state index contributed by atoms with van der Waals surface area (Å²) in [4.78, 5) is 30.4. The number of hydrogen-bond acceptors (Lipinski definition) is 3. The van der Waals surface area contributed by atoms with Crippen LogP contribution in [-0.2, 0) is 0 Å². The Bertz CT molecular complexity index is 1040. The first kappa shape index (κ1) is 21.1. The first-order chi connectivity index (χ1) is 14.3. The monoisotopic (exact) mass is 403 g/mol. The lowest BCUT2D eigenvalue weighted by molar-refractivity contribution is 0.0712. The topological polar surface area (TPSA) is 126 Å². The van der Waals surface area contributed by atoms with Crippen molar-refractivity contribution in [1.82, 2.24) is 4.90 Å². The third-order valence-corrected chi connectivity index (χ3v) is 5.56. The number of guanidine groups is 1. The summed E-state index contributed by atoms with van der Waals surface area (Å²) < 4.78 is 0.